The lowest BCUT2D eigenvalue weighted by Gasteiger charge is -1.96. The monoisotopic (exact) mass is 384 g/mol. The largest absolute Gasteiger partial charge is 0.508 e. The summed E-state index contributed by atoms with van der Waals surface area (Å²) in [6, 6.07) is 14.0. The second-order valence-electron chi connectivity index (χ2n) is 5.69. The molecule has 0 fully saturated rings. The van der Waals surface area contributed by atoms with Gasteiger partial charge in [-0.3, -0.25) is 0 Å². The van der Waals surface area contributed by atoms with Crippen molar-refractivity contribution in [2.45, 2.75) is 13.8 Å². The number of carboxylic acids is 2. The number of phenols is 2. The SMILES string of the molecule is C=C(C)C(=O)O.C=C(C)C(=O)O.Oc1ccc(C=Cc2ccc(O)cc2)cc1. The second-order valence-corrected chi connectivity index (χ2v) is 5.69. The van der Waals surface area contributed by atoms with E-state index in [9.17, 15) is 9.59 Å². The van der Waals surface area contributed by atoms with Gasteiger partial charge in [-0.1, -0.05) is 49.6 Å². The summed E-state index contributed by atoms with van der Waals surface area (Å²) >= 11 is 0. The molecule has 6 heteroatoms. The molecule has 2 rings (SSSR count). The van der Waals surface area contributed by atoms with Crippen molar-refractivity contribution < 1.29 is 30.0 Å². The standard InChI is InChI=1S/C14H12O2.2C4H6O2/c15-13-7-3-11(4-8-13)1-2-12-5-9-14(16)10-6-12;2*1-3(2)4(5)6/h1-10,15-16H;2*1H2,2H3,(H,5,6). The fourth-order valence-electron chi connectivity index (χ4n) is 1.36. The molecule has 0 saturated heterocycles. The molecule has 0 amide bonds. The first-order valence-electron chi connectivity index (χ1n) is 8.06. The summed E-state index contributed by atoms with van der Waals surface area (Å²) in [6.07, 6.45) is 3.90. The summed E-state index contributed by atoms with van der Waals surface area (Å²) in [4.78, 5) is 19.2. The van der Waals surface area contributed by atoms with Crippen LogP contribution in [0.4, 0.5) is 0 Å². The summed E-state index contributed by atoms with van der Waals surface area (Å²) in [5.41, 5.74) is 2.39. The lowest BCUT2D eigenvalue weighted by molar-refractivity contribution is -0.133. The number of hydrogen-bond donors (Lipinski definition) is 4. The fourth-order valence-corrected chi connectivity index (χ4v) is 1.36. The number of aliphatic carboxylic acids is 2. The van der Waals surface area contributed by atoms with Crippen LogP contribution in [0.5, 0.6) is 11.5 Å². The van der Waals surface area contributed by atoms with E-state index >= 15 is 0 Å². The topological polar surface area (TPSA) is 115 Å². The highest BCUT2D eigenvalue weighted by atomic mass is 16.4. The van der Waals surface area contributed by atoms with E-state index in [0.717, 1.165) is 11.1 Å². The first kappa shape index (κ1) is 24.2. The molecule has 0 bridgehead atoms. The summed E-state index contributed by atoms with van der Waals surface area (Å²) < 4.78 is 0. The van der Waals surface area contributed by atoms with Gasteiger partial charge in [0.1, 0.15) is 11.5 Å². The number of benzene rings is 2. The molecule has 2 aromatic rings. The smallest absolute Gasteiger partial charge is 0.330 e. The molecule has 6 nitrogen and oxygen atoms in total. The minimum absolute atomic E-state index is 0.176. The molecule has 0 unspecified atom stereocenters. The van der Waals surface area contributed by atoms with Crippen LogP contribution in [0.3, 0.4) is 0 Å². The lowest BCUT2D eigenvalue weighted by atomic mass is 10.1. The van der Waals surface area contributed by atoms with Crippen LogP contribution in [0.25, 0.3) is 12.2 Å². The first-order chi connectivity index (χ1) is 13.0. The van der Waals surface area contributed by atoms with Gasteiger partial charge in [-0.2, -0.15) is 0 Å². The number of carboxylic acid groups (broad SMARTS) is 2. The van der Waals surface area contributed by atoms with Gasteiger partial charge in [0.05, 0.1) is 0 Å². The van der Waals surface area contributed by atoms with Crippen molar-refractivity contribution in [2.24, 2.45) is 0 Å². The zero-order chi connectivity index (χ0) is 21.7. The van der Waals surface area contributed by atoms with E-state index in [4.69, 9.17) is 20.4 Å². The maximum atomic E-state index is 9.60. The molecule has 0 radical (unpaired) electrons. The van der Waals surface area contributed by atoms with Crippen molar-refractivity contribution in [1.82, 2.24) is 0 Å². The Morgan fingerprint density at radius 2 is 0.893 bits per heavy atom. The Bertz CT molecular complexity index is 735. The third-order valence-corrected chi connectivity index (χ3v) is 2.98. The van der Waals surface area contributed by atoms with Crippen LogP contribution in [0.2, 0.25) is 0 Å². The zero-order valence-electron chi connectivity index (χ0n) is 15.8. The Morgan fingerprint density at radius 1 is 0.679 bits per heavy atom. The molecule has 0 saturated carbocycles. The Kier molecular flexibility index (Phi) is 10.8. The molecule has 148 valence electrons. The van der Waals surface area contributed by atoms with Crippen molar-refractivity contribution in [3.8, 4) is 11.5 Å². The van der Waals surface area contributed by atoms with E-state index in [1.807, 2.05) is 36.4 Å². The Morgan fingerprint density at radius 3 is 1.07 bits per heavy atom. The molecular formula is C22H24O6. The van der Waals surface area contributed by atoms with Crippen LogP contribution < -0.4 is 0 Å². The summed E-state index contributed by atoms with van der Waals surface area (Å²) in [5, 5.41) is 34.0. The maximum absolute atomic E-state index is 9.60. The second kappa shape index (κ2) is 12.5. The minimum Gasteiger partial charge on any atom is -0.508 e. The number of phenolic OH excluding ortho intramolecular Hbond substituents is 2. The van der Waals surface area contributed by atoms with Crippen LogP contribution in [-0.4, -0.2) is 32.4 Å². The van der Waals surface area contributed by atoms with Crippen LogP contribution >= 0.6 is 0 Å². The molecule has 0 spiro atoms. The predicted octanol–water partition coefficient (Wildman–Crippen LogP) is 4.56. The van der Waals surface area contributed by atoms with Gasteiger partial charge in [0.15, 0.2) is 0 Å². The number of aromatic hydroxyl groups is 2. The van der Waals surface area contributed by atoms with Crippen molar-refractivity contribution in [2.75, 3.05) is 0 Å². The van der Waals surface area contributed by atoms with Gasteiger partial charge < -0.3 is 20.4 Å². The first-order valence-corrected chi connectivity index (χ1v) is 8.06. The average Bonchev–Trinajstić information content (AvgIpc) is 2.63. The molecule has 0 aliphatic rings. The van der Waals surface area contributed by atoms with Crippen LogP contribution in [0, 0.1) is 0 Å². The molecule has 0 heterocycles. The van der Waals surface area contributed by atoms with E-state index in [-0.39, 0.29) is 22.6 Å². The quantitative estimate of drug-likeness (QED) is 0.454. The van der Waals surface area contributed by atoms with E-state index in [2.05, 4.69) is 13.2 Å². The molecule has 28 heavy (non-hydrogen) atoms. The highest BCUT2D eigenvalue weighted by Crippen LogP contribution is 2.14. The molecule has 0 aliphatic carbocycles. The van der Waals surface area contributed by atoms with Crippen LogP contribution in [-0.2, 0) is 9.59 Å². The Hall–Kier alpha value is -3.80. The third-order valence-electron chi connectivity index (χ3n) is 2.98. The van der Waals surface area contributed by atoms with Gasteiger partial charge in [0.2, 0.25) is 0 Å². The minimum atomic E-state index is -0.935. The fraction of sp³-hybridized carbons (Fsp3) is 0.0909. The third kappa shape index (κ3) is 11.7. The van der Waals surface area contributed by atoms with Crippen molar-refractivity contribution >= 4 is 24.1 Å². The molecule has 2 aromatic carbocycles. The van der Waals surface area contributed by atoms with Gasteiger partial charge in [0.25, 0.3) is 0 Å². The van der Waals surface area contributed by atoms with Gasteiger partial charge in [-0.25, -0.2) is 9.59 Å². The average molecular weight is 384 g/mol. The molecule has 0 atom stereocenters. The molecule has 4 N–H and O–H groups in total. The van der Waals surface area contributed by atoms with Crippen molar-refractivity contribution in [1.29, 1.82) is 0 Å². The van der Waals surface area contributed by atoms with E-state index < -0.39 is 11.9 Å². The Balaban J connectivity index is 0.000000505. The van der Waals surface area contributed by atoms with Crippen molar-refractivity contribution in [3.63, 3.8) is 0 Å². The summed E-state index contributed by atoms with van der Waals surface area (Å²) in [5.74, 6) is -1.34. The van der Waals surface area contributed by atoms with E-state index in [1.54, 1.807) is 24.3 Å². The van der Waals surface area contributed by atoms with Crippen molar-refractivity contribution in [3.05, 3.63) is 84.0 Å². The van der Waals surface area contributed by atoms with Gasteiger partial charge in [0, 0.05) is 11.1 Å². The van der Waals surface area contributed by atoms with E-state index in [0.29, 0.717) is 0 Å². The Labute approximate surface area is 164 Å². The lowest BCUT2D eigenvalue weighted by Crippen LogP contribution is -1.92. The molecular weight excluding hydrogens is 360 g/mol. The summed E-state index contributed by atoms with van der Waals surface area (Å²) in [7, 11) is 0. The zero-order valence-corrected chi connectivity index (χ0v) is 15.8. The van der Waals surface area contributed by atoms with Crippen LogP contribution in [0.15, 0.2) is 72.8 Å². The normalized spacial score (nSPS) is 9.36. The number of rotatable bonds is 4. The van der Waals surface area contributed by atoms with Gasteiger partial charge in [-0.05, 0) is 49.2 Å². The number of hydrogen-bond acceptors (Lipinski definition) is 4. The van der Waals surface area contributed by atoms with Gasteiger partial charge in [-0.15, -0.1) is 0 Å². The van der Waals surface area contributed by atoms with E-state index in [1.165, 1.54) is 13.8 Å². The predicted molar refractivity (Wildman–Crippen MR) is 110 cm³/mol. The maximum Gasteiger partial charge on any atom is 0.330 e. The summed E-state index contributed by atoms with van der Waals surface area (Å²) in [6.45, 7) is 9.20. The highest BCUT2D eigenvalue weighted by Gasteiger charge is 1.91. The van der Waals surface area contributed by atoms with Crippen LogP contribution in [0.1, 0.15) is 25.0 Å². The molecule has 0 aliphatic heterocycles. The number of carbonyl (C=O) groups is 2. The highest BCUT2D eigenvalue weighted by molar-refractivity contribution is 5.85. The van der Waals surface area contributed by atoms with Gasteiger partial charge >= 0.3 is 11.9 Å². The molecule has 0 aromatic heterocycles.